The average Bonchev–Trinajstić information content (AvgIpc) is 2.46. The molecule has 0 radical (unpaired) electrons. The summed E-state index contributed by atoms with van der Waals surface area (Å²) in [5.74, 6) is 0.319. The van der Waals surface area contributed by atoms with Gasteiger partial charge in [0.25, 0.3) is 5.56 Å². The highest BCUT2D eigenvalue weighted by Crippen LogP contribution is 2.23. The molecule has 1 aromatic heterocycles. The smallest absolute Gasteiger partial charge is 0.269 e. The largest absolute Gasteiger partial charge is 0.352 e. The lowest BCUT2D eigenvalue weighted by Crippen LogP contribution is -2.44. The molecule has 1 amide bonds. The number of amides is 1. The summed E-state index contributed by atoms with van der Waals surface area (Å²) in [5.41, 5.74) is 1.09. The summed E-state index contributed by atoms with van der Waals surface area (Å²) in [6.45, 7) is 5.65. The van der Waals surface area contributed by atoms with E-state index in [9.17, 15) is 9.59 Å². The Balaban J connectivity index is 2.15. The van der Waals surface area contributed by atoms with Crippen LogP contribution in [0.4, 0.5) is 0 Å². The van der Waals surface area contributed by atoms with Crippen molar-refractivity contribution >= 4 is 5.91 Å². The number of aryl methyl sites for hydroxylation is 2. The number of carbonyl (C=O) groups is 1. The summed E-state index contributed by atoms with van der Waals surface area (Å²) in [6.07, 6.45) is 4.48. The molecule has 1 aliphatic carbocycles. The minimum Gasteiger partial charge on any atom is -0.352 e. The standard InChI is InChI=1S/C17H23N3O2/c1-11-6-4-5-7-15(11)19-16(21)10-20-13(3)8-12(2)14(9-18)17(20)22/h8,11,15H,4-7,10H2,1-3H3,(H,19,21)/t11-,15-/m1/s1. The van der Waals surface area contributed by atoms with Gasteiger partial charge in [0.1, 0.15) is 18.2 Å². The average molecular weight is 301 g/mol. The second kappa shape index (κ2) is 6.78. The molecule has 5 heteroatoms. The molecule has 118 valence electrons. The van der Waals surface area contributed by atoms with Gasteiger partial charge in [-0.05, 0) is 44.2 Å². The van der Waals surface area contributed by atoms with Crippen molar-refractivity contribution in [3.8, 4) is 6.07 Å². The highest BCUT2D eigenvalue weighted by atomic mass is 16.2. The van der Waals surface area contributed by atoms with Crippen molar-refractivity contribution in [2.45, 2.75) is 59.0 Å². The van der Waals surface area contributed by atoms with Crippen LogP contribution < -0.4 is 10.9 Å². The number of carbonyl (C=O) groups excluding carboxylic acids is 1. The molecule has 2 atom stereocenters. The van der Waals surface area contributed by atoms with Gasteiger partial charge >= 0.3 is 0 Å². The zero-order valence-corrected chi connectivity index (χ0v) is 13.5. The summed E-state index contributed by atoms with van der Waals surface area (Å²) in [6, 6.07) is 3.89. The number of hydrogen-bond acceptors (Lipinski definition) is 3. The summed E-state index contributed by atoms with van der Waals surface area (Å²) in [7, 11) is 0. The Morgan fingerprint density at radius 1 is 1.41 bits per heavy atom. The highest BCUT2D eigenvalue weighted by Gasteiger charge is 2.23. The van der Waals surface area contributed by atoms with E-state index < -0.39 is 0 Å². The maximum Gasteiger partial charge on any atom is 0.269 e. The molecule has 0 saturated heterocycles. The first-order valence-corrected chi connectivity index (χ1v) is 7.84. The van der Waals surface area contributed by atoms with Crippen LogP contribution in [-0.4, -0.2) is 16.5 Å². The maximum absolute atomic E-state index is 12.3. The van der Waals surface area contributed by atoms with Gasteiger partial charge in [0.15, 0.2) is 0 Å². The van der Waals surface area contributed by atoms with E-state index in [-0.39, 0.29) is 29.6 Å². The van der Waals surface area contributed by atoms with Crippen LogP contribution in [-0.2, 0) is 11.3 Å². The van der Waals surface area contributed by atoms with Gasteiger partial charge in [-0.3, -0.25) is 9.59 Å². The summed E-state index contributed by atoms with van der Waals surface area (Å²) < 4.78 is 1.38. The van der Waals surface area contributed by atoms with Crippen LogP contribution in [0.2, 0.25) is 0 Å². The normalized spacial score (nSPS) is 21.2. The molecular formula is C17H23N3O2. The maximum atomic E-state index is 12.3. The third-order valence-corrected chi connectivity index (χ3v) is 4.58. The summed E-state index contributed by atoms with van der Waals surface area (Å²) in [5, 5.41) is 12.1. The zero-order chi connectivity index (χ0) is 16.3. The molecule has 22 heavy (non-hydrogen) atoms. The predicted octanol–water partition coefficient (Wildman–Crippen LogP) is 2.03. The van der Waals surface area contributed by atoms with Gasteiger partial charge in [0, 0.05) is 11.7 Å². The highest BCUT2D eigenvalue weighted by molar-refractivity contribution is 5.76. The first-order valence-electron chi connectivity index (χ1n) is 7.84. The molecule has 2 rings (SSSR count). The van der Waals surface area contributed by atoms with Crippen LogP contribution >= 0.6 is 0 Å². The second-order valence-electron chi connectivity index (χ2n) is 6.28. The molecular weight excluding hydrogens is 278 g/mol. The van der Waals surface area contributed by atoms with Crippen LogP contribution in [0.1, 0.15) is 49.4 Å². The van der Waals surface area contributed by atoms with Crippen molar-refractivity contribution in [1.82, 2.24) is 9.88 Å². The number of nitriles is 1. The van der Waals surface area contributed by atoms with E-state index in [1.165, 1.54) is 11.0 Å². The zero-order valence-electron chi connectivity index (χ0n) is 13.5. The number of rotatable bonds is 3. The molecule has 1 aromatic rings. The fourth-order valence-electron chi connectivity index (χ4n) is 3.19. The molecule has 1 aliphatic rings. The topological polar surface area (TPSA) is 74.9 Å². The van der Waals surface area contributed by atoms with Crippen molar-refractivity contribution in [2.75, 3.05) is 0 Å². The molecule has 1 saturated carbocycles. The lowest BCUT2D eigenvalue weighted by Gasteiger charge is -2.29. The van der Waals surface area contributed by atoms with Crippen LogP contribution in [0, 0.1) is 31.1 Å². The van der Waals surface area contributed by atoms with Crippen LogP contribution in [0.5, 0.6) is 0 Å². The third-order valence-electron chi connectivity index (χ3n) is 4.58. The van der Waals surface area contributed by atoms with Gasteiger partial charge in [-0.1, -0.05) is 19.8 Å². The Hall–Kier alpha value is -2.09. The molecule has 0 unspecified atom stereocenters. The van der Waals surface area contributed by atoms with Gasteiger partial charge in [-0.15, -0.1) is 0 Å². The van der Waals surface area contributed by atoms with Gasteiger partial charge in [0.05, 0.1) is 0 Å². The van der Waals surface area contributed by atoms with Crippen molar-refractivity contribution in [3.63, 3.8) is 0 Å². The fraction of sp³-hybridized carbons (Fsp3) is 0.588. The molecule has 0 aliphatic heterocycles. The lowest BCUT2D eigenvalue weighted by atomic mass is 9.86. The van der Waals surface area contributed by atoms with Gasteiger partial charge in [0.2, 0.25) is 5.91 Å². The molecule has 1 fully saturated rings. The van der Waals surface area contributed by atoms with Crippen LogP contribution in [0.15, 0.2) is 10.9 Å². The first kappa shape index (κ1) is 16.3. The Bertz CT molecular complexity index is 670. The number of aromatic nitrogens is 1. The van der Waals surface area contributed by atoms with Crippen LogP contribution in [0.25, 0.3) is 0 Å². The van der Waals surface area contributed by atoms with Gasteiger partial charge < -0.3 is 9.88 Å². The Morgan fingerprint density at radius 3 is 2.73 bits per heavy atom. The van der Waals surface area contributed by atoms with Gasteiger partial charge in [-0.2, -0.15) is 5.26 Å². The summed E-state index contributed by atoms with van der Waals surface area (Å²) >= 11 is 0. The fourth-order valence-corrected chi connectivity index (χ4v) is 3.19. The molecule has 1 heterocycles. The molecule has 0 aromatic carbocycles. The Morgan fingerprint density at radius 2 is 2.09 bits per heavy atom. The number of hydrogen-bond donors (Lipinski definition) is 1. The number of pyridine rings is 1. The van der Waals surface area contributed by atoms with E-state index in [4.69, 9.17) is 5.26 Å². The van der Waals surface area contributed by atoms with E-state index in [0.717, 1.165) is 19.3 Å². The number of nitrogens with zero attached hydrogens (tertiary/aromatic N) is 2. The third kappa shape index (κ3) is 3.38. The van der Waals surface area contributed by atoms with Gasteiger partial charge in [-0.25, -0.2) is 0 Å². The van der Waals surface area contributed by atoms with E-state index in [1.54, 1.807) is 19.9 Å². The van der Waals surface area contributed by atoms with Crippen molar-refractivity contribution < 1.29 is 4.79 Å². The monoisotopic (exact) mass is 301 g/mol. The molecule has 0 bridgehead atoms. The lowest BCUT2D eigenvalue weighted by molar-refractivity contribution is -0.123. The molecule has 0 spiro atoms. The predicted molar refractivity (Wildman–Crippen MR) is 84.5 cm³/mol. The number of nitrogens with one attached hydrogen (secondary N) is 1. The Kier molecular flexibility index (Phi) is 5.02. The van der Waals surface area contributed by atoms with Crippen molar-refractivity contribution in [2.24, 2.45) is 5.92 Å². The van der Waals surface area contributed by atoms with E-state index >= 15 is 0 Å². The quantitative estimate of drug-likeness (QED) is 0.928. The molecule has 1 N–H and O–H groups in total. The summed E-state index contributed by atoms with van der Waals surface area (Å²) in [4.78, 5) is 24.6. The van der Waals surface area contributed by atoms with Crippen molar-refractivity contribution in [3.05, 3.63) is 33.2 Å². The van der Waals surface area contributed by atoms with E-state index in [2.05, 4.69) is 12.2 Å². The second-order valence-corrected chi connectivity index (χ2v) is 6.28. The minimum absolute atomic E-state index is 0.0250. The van der Waals surface area contributed by atoms with Crippen molar-refractivity contribution in [1.29, 1.82) is 5.26 Å². The first-order chi connectivity index (χ1) is 10.4. The minimum atomic E-state index is -0.383. The molecule has 5 nitrogen and oxygen atoms in total. The van der Waals surface area contributed by atoms with E-state index in [1.807, 2.05) is 6.07 Å². The van der Waals surface area contributed by atoms with E-state index in [0.29, 0.717) is 17.2 Å². The SMILES string of the molecule is Cc1cc(C)n(CC(=O)N[C@@H]2CCCC[C@H]2C)c(=O)c1C#N. The van der Waals surface area contributed by atoms with Crippen LogP contribution in [0.3, 0.4) is 0 Å². The Labute approximate surface area is 130 Å².